The summed E-state index contributed by atoms with van der Waals surface area (Å²) >= 11 is 0. The van der Waals surface area contributed by atoms with Crippen LogP contribution in [0, 0.1) is 11.8 Å². The molecule has 0 bridgehead atoms. The largest absolute Gasteiger partial charge is 0.481 e. The molecule has 1 fully saturated rings. The highest BCUT2D eigenvalue weighted by molar-refractivity contribution is 5.66. The first kappa shape index (κ1) is 12.5. The van der Waals surface area contributed by atoms with Crippen LogP contribution in [0.3, 0.4) is 0 Å². The fraction of sp³-hybridized carbons (Fsp3) is 0.917. The Bertz CT molecular complexity index is 188. The Morgan fingerprint density at radius 1 is 1.33 bits per heavy atom. The van der Waals surface area contributed by atoms with Gasteiger partial charge in [-0.3, -0.25) is 4.79 Å². The smallest absolute Gasteiger partial charge is 0.303 e. The molecule has 0 aliphatic heterocycles. The molecule has 0 aromatic heterocycles. The maximum Gasteiger partial charge on any atom is 0.303 e. The van der Waals surface area contributed by atoms with Crippen LogP contribution in [-0.4, -0.2) is 17.6 Å². The number of carboxylic acid groups (broad SMARTS) is 1. The number of carboxylic acids is 1. The van der Waals surface area contributed by atoms with Crippen LogP contribution in [0.4, 0.5) is 0 Å². The molecule has 1 rings (SSSR count). The summed E-state index contributed by atoms with van der Waals surface area (Å²) in [6.45, 7) is 0.643. The average molecular weight is 213 g/mol. The van der Waals surface area contributed by atoms with Crippen LogP contribution < -0.4 is 5.73 Å². The summed E-state index contributed by atoms with van der Waals surface area (Å²) in [5.41, 5.74) is 5.68. The van der Waals surface area contributed by atoms with E-state index in [0.29, 0.717) is 12.5 Å². The molecule has 0 aromatic carbocycles. The zero-order chi connectivity index (χ0) is 11.1. The normalized spacial score (nSPS) is 20.1. The molecule has 1 aliphatic rings. The molecule has 3 heteroatoms. The van der Waals surface area contributed by atoms with Crippen LogP contribution in [0.5, 0.6) is 0 Å². The van der Waals surface area contributed by atoms with Crippen LogP contribution in [0.1, 0.15) is 51.4 Å². The summed E-state index contributed by atoms with van der Waals surface area (Å²) in [6, 6.07) is 0. The first-order chi connectivity index (χ1) is 7.22. The Hall–Kier alpha value is -0.570. The monoisotopic (exact) mass is 213 g/mol. The molecule has 0 radical (unpaired) electrons. The fourth-order valence-electron chi connectivity index (χ4n) is 2.55. The van der Waals surface area contributed by atoms with Crippen molar-refractivity contribution in [1.29, 1.82) is 0 Å². The lowest BCUT2D eigenvalue weighted by Crippen LogP contribution is -2.20. The van der Waals surface area contributed by atoms with Crippen molar-refractivity contribution in [3.8, 4) is 0 Å². The molecule has 1 unspecified atom stereocenters. The van der Waals surface area contributed by atoms with Gasteiger partial charge in [-0.15, -0.1) is 0 Å². The third kappa shape index (κ3) is 5.17. The van der Waals surface area contributed by atoms with E-state index in [1.807, 2.05) is 0 Å². The summed E-state index contributed by atoms with van der Waals surface area (Å²) in [5, 5.41) is 8.62. The van der Waals surface area contributed by atoms with Gasteiger partial charge in [0, 0.05) is 6.42 Å². The molecule has 15 heavy (non-hydrogen) atoms. The van der Waals surface area contributed by atoms with Crippen LogP contribution in [0.25, 0.3) is 0 Å². The summed E-state index contributed by atoms with van der Waals surface area (Å²) < 4.78 is 0. The maximum absolute atomic E-state index is 10.5. The number of rotatable bonds is 6. The second-order valence-corrected chi connectivity index (χ2v) is 4.77. The molecule has 1 atom stereocenters. The van der Waals surface area contributed by atoms with Gasteiger partial charge >= 0.3 is 5.97 Å². The maximum atomic E-state index is 10.5. The summed E-state index contributed by atoms with van der Waals surface area (Å²) in [4.78, 5) is 10.5. The number of nitrogens with two attached hydrogens (primary N) is 1. The van der Waals surface area contributed by atoms with E-state index in [4.69, 9.17) is 10.8 Å². The Morgan fingerprint density at radius 3 is 2.53 bits per heavy atom. The summed E-state index contributed by atoms with van der Waals surface area (Å²) in [5.74, 6) is 0.530. The quantitative estimate of drug-likeness (QED) is 0.712. The first-order valence-corrected chi connectivity index (χ1v) is 6.14. The van der Waals surface area contributed by atoms with Gasteiger partial charge in [0.15, 0.2) is 0 Å². The van der Waals surface area contributed by atoms with Crippen LogP contribution in [0.15, 0.2) is 0 Å². The van der Waals surface area contributed by atoms with Crippen molar-refractivity contribution in [3.05, 3.63) is 0 Å². The van der Waals surface area contributed by atoms with E-state index in [-0.39, 0.29) is 6.42 Å². The fourth-order valence-corrected chi connectivity index (χ4v) is 2.55. The minimum atomic E-state index is -0.697. The van der Waals surface area contributed by atoms with Gasteiger partial charge in [-0.05, 0) is 31.2 Å². The Morgan fingerprint density at radius 2 is 2.00 bits per heavy atom. The average Bonchev–Trinajstić information content (AvgIpc) is 2.25. The van der Waals surface area contributed by atoms with Crippen molar-refractivity contribution < 1.29 is 9.90 Å². The second kappa shape index (κ2) is 6.83. The van der Waals surface area contributed by atoms with E-state index in [2.05, 4.69) is 0 Å². The topological polar surface area (TPSA) is 63.3 Å². The molecule has 3 N–H and O–H groups in total. The van der Waals surface area contributed by atoms with Gasteiger partial charge < -0.3 is 10.8 Å². The van der Waals surface area contributed by atoms with Crippen molar-refractivity contribution in [2.45, 2.75) is 51.4 Å². The van der Waals surface area contributed by atoms with Crippen molar-refractivity contribution in [3.63, 3.8) is 0 Å². The predicted molar refractivity (Wildman–Crippen MR) is 60.6 cm³/mol. The third-order valence-corrected chi connectivity index (χ3v) is 3.49. The molecule has 0 saturated heterocycles. The lowest BCUT2D eigenvalue weighted by atomic mass is 9.81. The second-order valence-electron chi connectivity index (χ2n) is 4.77. The van der Waals surface area contributed by atoms with Crippen LogP contribution >= 0.6 is 0 Å². The molecule has 0 amide bonds. The number of carbonyl (C=O) groups is 1. The van der Waals surface area contributed by atoms with Gasteiger partial charge in [0.2, 0.25) is 0 Å². The van der Waals surface area contributed by atoms with E-state index >= 15 is 0 Å². The van der Waals surface area contributed by atoms with Crippen molar-refractivity contribution in [2.24, 2.45) is 17.6 Å². The van der Waals surface area contributed by atoms with E-state index < -0.39 is 5.97 Å². The summed E-state index contributed by atoms with van der Waals surface area (Å²) in [7, 11) is 0. The van der Waals surface area contributed by atoms with Crippen molar-refractivity contribution >= 4 is 5.97 Å². The Balaban J connectivity index is 2.22. The molecule has 0 aromatic rings. The highest BCUT2D eigenvalue weighted by Gasteiger charge is 2.18. The third-order valence-electron chi connectivity index (χ3n) is 3.49. The molecule has 3 nitrogen and oxygen atoms in total. The minimum Gasteiger partial charge on any atom is -0.481 e. The van der Waals surface area contributed by atoms with Crippen LogP contribution in [0.2, 0.25) is 0 Å². The molecule has 1 saturated carbocycles. The van der Waals surface area contributed by atoms with E-state index in [1.54, 1.807) is 0 Å². The Labute approximate surface area is 92.0 Å². The number of hydrogen-bond donors (Lipinski definition) is 2. The predicted octanol–water partition coefficient (Wildman–Crippen LogP) is 2.40. The minimum absolute atomic E-state index is 0.272. The SMILES string of the molecule is NCC(CCC(=O)O)CC1CCCCC1. The first-order valence-electron chi connectivity index (χ1n) is 6.14. The highest BCUT2D eigenvalue weighted by atomic mass is 16.4. The van der Waals surface area contributed by atoms with Crippen molar-refractivity contribution in [2.75, 3.05) is 6.54 Å². The zero-order valence-electron chi connectivity index (χ0n) is 9.45. The van der Waals surface area contributed by atoms with E-state index in [9.17, 15) is 4.79 Å². The van der Waals surface area contributed by atoms with Gasteiger partial charge in [-0.25, -0.2) is 0 Å². The van der Waals surface area contributed by atoms with Gasteiger partial charge in [0.1, 0.15) is 0 Å². The van der Waals surface area contributed by atoms with Gasteiger partial charge in [-0.1, -0.05) is 32.1 Å². The van der Waals surface area contributed by atoms with E-state index in [0.717, 1.165) is 18.8 Å². The van der Waals surface area contributed by atoms with Crippen LogP contribution in [-0.2, 0) is 4.79 Å². The number of aliphatic carboxylic acids is 1. The highest BCUT2D eigenvalue weighted by Crippen LogP contribution is 2.30. The Kier molecular flexibility index (Phi) is 5.69. The number of hydrogen-bond acceptors (Lipinski definition) is 2. The lowest BCUT2D eigenvalue weighted by Gasteiger charge is -2.25. The zero-order valence-corrected chi connectivity index (χ0v) is 9.45. The molecule has 88 valence electrons. The summed E-state index contributed by atoms with van der Waals surface area (Å²) in [6.07, 6.45) is 8.88. The molecule has 0 heterocycles. The molecule has 0 spiro atoms. The molecular weight excluding hydrogens is 190 g/mol. The standard InChI is InChI=1S/C12H23NO2/c13-9-11(6-7-12(14)15)8-10-4-2-1-3-5-10/h10-11H,1-9,13H2,(H,14,15). The van der Waals surface area contributed by atoms with Gasteiger partial charge in [-0.2, -0.15) is 0 Å². The molecule has 1 aliphatic carbocycles. The lowest BCUT2D eigenvalue weighted by molar-refractivity contribution is -0.137. The van der Waals surface area contributed by atoms with Gasteiger partial charge in [0.25, 0.3) is 0 Å². The van der Waals surface area contributed by atoms with Crippen molar-refractivity contribution in [1.82, 2.24) is 0 Å². The van der Waals surface area contributed by atoms with Gasteiger partial charge in [0.05, 0.1) is 0 Å². The van der Waals surface area contributed by atoms with E-state index in [1.165, 1.54) is 32.1 Å². The molecular formula is C12H23NO2.